The Morgan fingerprint density at radius 3 is 2.83 bits per heavy atom. The first-order chi connectivity index (χ1) is 8.58. The van der Waals surface area contributed by atoms with Crippen LogP contribution < -0.4 is 5.32 Å². The summed E-state index contributed by atoms with van der Waals surface area (Å²) in [6.45, 7) is 0. The molecule has 1 aromatic carbocycles. The van der Waals surface area contributed by atoms with Gasteiger partial charge in [0.1, 0.15) is 5.82 Å². The number of rotatable bonds is 3. The Morgan fingerprint density at radius 2 is 2.17 bits per heavy atom. The molecule has 0 atom stereocenters. The lowest BCUT2D eigenvalue weighted by molar-refractivity contribution is 0.0698. The van der Waals surface area contributed by atoms with E-state index in [2.05, 4.69) is 10.3 Å². The summed E-state index contributed by atoms with van der Waals surface area (Å²) >= 11 is 5.64. The minimum Gasteiger partial charge on any atom is -0.478 e. The van der Waals surface area contributed by atoms with Crippen LogP contribution in [0.15, 0.2) is 36.7 Å². The largest absolute Gasteiger partial charge is 0.478 e. The van der Waals surface area contributed by atoms with Crippen molar-refractivity contribution in [2.45, 2.75) is 0 Å². The zero-order valence-corrected chi connectivity index (χ0v) is 9.78. The van der Waals surface area contributed by atoms with E-state index in [-0.39, 0.29) is 10.6 Å². The molecule has 1 aromatic heterocycles. The minimum absolute atomic E-state index is 0.0410. The lowest BCUT2D eigenvalue weighted by Crippen LogP contribution is -2.03. The number of hydrogen-bond donors (Lipinski definition) is 2. The molecule has 0 unspecified atom stereocenters. The van der Waals surface area contributed by atoms with Crippen molar-refractivity contribution in [1.82, 2.24) is 4.98 Å². The molecular weight excluding hydrogens is 259 g/mol. The Hall–Kier alpha value is -2.14. The first-order valence-corrected chi connectivity index (χ1v) is 5.35. The number of anilines is 2. The van der Waals surface area contributed by atoms with Crippen molar-refractivity contribution >= 4 is 28.9 Å². The smallest absolute Gasteiger partial charge is 0.337 e. The Balaban J connectivity index is 2.34. The van der Waals surface area contributed by atoms with Crippen LogP contribution >= 0.6 is 11.6 Å². The lowest BCUT2D eigenvalue weighted by Gasteiger charge is -2.09. The highest BCUT2D eigenvalue weighted by Gasteiger charge is 2.10. The van der Waals surface area contributed by atoms with E-state index < -0.39 is 11.8 Å². The van der Waals surface area contributed by atoms with E-state index in [4.69, 9.17) is 16.7 Å². The van der Waals surface area contributed by atoms with Gasteiger partial charge < -0.3 is 10.4 Å². The molecule has 0 aliphatic heterocycles. The van der Waals surface area contributed by atoms with Crippen molar-refractivity contribution in [3.8, 4) is 0 Å². The van der Waals surface area contributed by atoms with Crippen LogP contribution in [0.5, 0.6) is 0 Å². The number of carboxylic acids is 1. The standard InChI is InChI=1S/C12H8ClFN2O2/c13-9-5-7(1-2-10(9)14)16-11-6-15-4-3-8(11)12(17)18/h1-6,16H,(H,17,18). The van der Waals surface area contributed by atoms with Gasteiger partial charge in [-0.3, -0.25) is 4.98 Å². The highest BCUT2D eigenvalue weighted by Crippen LogP contribution is 2.24. The number of benzene rings is 1. The van der Waals surface area contributed by atoms with Gasteiger partial charge in [-0.05, 0) is 24.3 Å². The molecule has 0 spiro atoms. The van der Waals surface area contributed by atoms with Crippen LogP contribution in [0.4, 0.5) is 15.8 Å². The molecule has 0 saturated heterocycles. The van der Waals surface area contributed by atoms with Crippen LogP contribution in [-0.4, -0.2) is 16.1 Å². The Morgan fingerprint density at radius 1 is 1.39 bits per heavy atom. The SMILES string of the molecule is O=C(O)c1ccncc1Nc1ccc(F)c(Cl)c1. The van der Waals surface area contributed by atoms with Crippen LogP contribution in [0, 0.1) is 5.82 Å². The number of pyridine rings is 1. The molecule has 0 fully saturated rings. The summed E-state index contributed by atoms with van der Waals surface area (Å²) in [7, 11) is 0. The average Bonchev–Trinajstić information content (AvgIpc) is 2.34. The van der Waals surface area contributed by atoms with Gasteiger partial charge in [-0.2, -0.15) is 0 Å². The van der Waals surface area contributed by atoms with Gasteiger partial charge in [0.15, 0.2) is 0 Å². The number of halogens is 2. The molecule has 6 heteroatoms. The van der Waals surface area contributed by atoms with Gasteiger partial charge in [0, 0.05) is 11.9 Å². The van der Waals surface area contributed by atoms with E-state index in [1.165, 1.54) is 36.7 Å². The van der Waals surface area contributed by atoms with Crippen molar-refractivity contribution in [2.24, 2.45) is 0 Å². The fourth-order valence-electron chi connectivity index (χ4n) is 1.41. The van der Waals surface area contributed by atoms with Gasteiger partial charge >= 0.3 is 5.97 Å². The number of nitrogens with one attached hydrogen (secondary N) is 1. The van der Waals surface area contributed by atoms with Gasteiger partial charge in [-0.25, -0.2) is 9.18 Å². The van der Waals surface area contributed by atoms with E-state index in [1.54, 1.807) is 0 Å². The summed E-state index contributed by atoms with van der Waals surface area (Å²) in [6, 6.07) is 5.40. The number of carboxylic acid groups (broad SMARTS) is 1. The summed E-state index contributed by atoms with van der Waals surface area (Å²) < 4.78 is 13.0. The Kier molecular flexibility index (Phi) is 3.43. The second-order valence-corrected chi connectivity index (χ2v) is 3.89. The molecule has 0 aliphatic carbocycles. The fourth-order valence-corrected chi connectivity index (χ4v) is 1.59. The molecule has 0 radical (unpaired) electrons. The number of nitrogens with zero attached hydrogens (tertiary/aromatic N) is 1. The average molecular weight is 267 g/mol. The molecule has 92 valence electrons. The zero-order valence-electron chi connectivity index (χ0n) is 9.02. The summed E-state index contributed by atoms with van der Waals surface area (Å²) in [4.78, 5) is 14.8. The zero-order chi connectivity index (χ0) is 13.1. The van der Waals surface area contributed by atoms with Gasteiger partial charge in [-0.15, -0.1) is 0 Å². The van der Waals surface area contributed by atoms with Crippen molar-refractivity contribution < 1.29 is 14.3 Å². The van der Waals surface area contributed by atoms with Gasteiger partial charge in [-0.1, -0.05) is 11.6 Å². The molecule has 18 heavy (non-hydrogen) atoms. The van der Waals surface area contributed by atoms with Crippen LogP contribution in [0.25, 0.3) is 0 Å². The molecular formula is C12H8ClFN2O2. The molecule has 2 aromatic rings. The van der Waals surface area contributed by atoms with Crippen molar-refractivity contribution in [2.75, 3.05) is 5.32 Å². The summed E-state index contributed by atoms with van der Waals surface area (Å²) in [5.74, 6) is -1.61. The van der Waals surface area contributed by atoms with E-state index in [1.807, 2.05) is 0 Å². The molecule has 2 rings (SSSR count). The summed E-state index contributed by atoms with van der Waals surface area (Å²) in [6.07, 6.45) is 2.76. The van der Waals surface area contributed by atoms with Gasteiger partial charge in [0.2, 0.25) is 0 Å². The van der Waals surface area contributed by atoms with E-state index in [9.17, 15) is 9.18 Å². The van der Waals surface area contributed by atoms with Crippen LogP contribution in [0.2, 0.25) is 5.02 Å². The topological polar surface area (TPSA) is 62.2 Å². The predicted molar refractivity (Wildman–Crippen MR) is 65.9 cm³/mol. The molecule has 0 amide bonds. The first kappa shape index (κ1) is 12.3. The monoisotopic (exact) mass is 266 g/mol. The molecule has 2 N–H and O–H groups in total. The normalized spacial score (nSPS) is 10.1. The maximum Gasteiger partial charge on any atom is 0.337 e. The van der Waals surface area contributed by atoms with Crippen LogP contribution in [-0.2, 0) is 0 Å². The third-order valence-electron chi connectivity index (χ3n) is 2.25. The maximum atomic E-state index is 13.0. The Labute approximate surface area is 107 Å². The van der Waals surface area contributed by atoms with Gasteiger partial charge in [0.05, 0.1) is 22.5 Å². The quantitative estimate of drug-likeness (QED) is 0.895. The molecule has 4 nitrogen and oxygen atoms in total. The van der Waals surface area contributed by atoms with E-state index in [0.717, 1.165) is 0 Å². The Bertz CT molecular complexity index is 604. The first-order valence-electron chi connectivity index (χ1n) is 4.97. The molecule has 0 bridgehead atoms. The van der Waals surface area contributed by atoms with Crippen LogP contribution in [0.3, 0.4) is 0 Å². The lowest BCUT2D eigenvalue weighted by atomic mass is 10.2. The second-order valence-electron chi connectivity index (χ2n) is 3.48. The maximum absolute atomic E-state index is 13.0. The van der Waals surface area contributed by atoms with Gasteiger partial charge in [0.25, 0.3) is 0 Å². The highest BCUT2D eigenvalue weighted by molar-refractivity contribution is 6.31. The second kappa shape index (κ2) is 5.01. The van der Waals surface area contributed by atoms with E-state index >= 15 is 0 Å². The minimum atomic E-state index is -1.08. The third-order valence-corrected chi connectivity index (χ3v) is 2.54. The number of hydrogen-bond acceptors (Lipinski definition) is 3. The number of aromatic carboxylic acids is 1. The van der Waals surface area contributed by atoms with Crippen molar-refractivity contribution in [1.29, 1.82) is 0 Å². The molecule has 0 aliphatic rings. The highest BCUT2D eigenvalue weighted by atomic mass is 35.5. The molecule has 0 saturated carbocycles. The van der Waals surface area contributed by atoms with Crippen LogP contribution in [0.1, 0.15) is 10.4 Å². The fraction of sp³-hybridized carbons (Fsp3) is 0. The summed E-state index contributed by atoms with van der Waals surface area (Å²) in [5, 5.41) is 11.8. The third kappa shape index (κ3) is 2.57. The molecule has 1 heterocycles. The van der Waals surface area contributed by atoms with Crippen molar-refractivity contribution in [3.63, 3.8) is 0 Å². The number of aromatic nitrogens is 1. The van der Waals surface area contributed by atoms with Crippen molar-refractivity contribution in [3.05, 3.63) is 53.1 Å². The summed E-state index contributed by atoms with van der Waals surface area (Å²) in [5.41, 5.74) is 0.870. The predicted octanol–water partition coefficient (Wildman–Crippen LogP) is 3.32. The van der Waals surface area contributed by atoms with E-state index in [0.29, 0.717) is 11.4 Å². The number of carbonyl (C=O) groups is 1.